The topological polar surface area (TPSA) is 70.5 Å². The molecule has 102 valence electrons. The summed E-state index contributed by atoms with van der Waals surface area (Å²) in [5.41, 5.74) is 7.00. The molecular weight excluding hydrogens is 244 g/mol. The van der Waals surface area contributed by atoms with Gasteiger partial charge in [0, 0.05) is 0 Å². The summed E-state index contributed by atoms with van der Waals surface area (Å²) in [5.74, 6) is 1.97. The van der Waals surface area contributed by atoms with E-state index in [0.29, 0.717) is 17.3 Å². The molecule has 0 spiro atoms. The van der Waals surface area contributed by atoms with Crippen molar-refractivity contribution in [1.29, 1.82) is 0 Å². The van der Waals surface area contributed by atoms with Crippen LogP contribution in [0.3, 0.4) is 0 Å². The number of methoxy groups -OCH3 is 1. The number of hydrogen-bond acceptors (Lipinski definition) is 5. The SMILES string of the molecule is COc1ccc(C(N)c2cnco2)cc1OC(C)C. The van der Waals surface area contributed by atoms with E-state index >= 15 is 0 Å². The second-order valence-corrected chi connectivity index (χ2v) is 4.46. The Morgan fingerprint density at radius 3 is 2.63 bits per heavy atom. The smallest absolute Gasteiger partial charge is 0.180 e. The first-order chi connectivity index (χ1) is 9.11. The number of nitrogens with zero attached hydrogens (tertiary/aromatic N) is 1. The van der Waals surface area contributed by atoms with E-state index in [1.807, 2.05) is 32.0 Å². The van der Waals surface area contributed by atoms with Gasteiger partial charge in [-0.15, -0.1) is 0 Å². The lowest BCUT2D eigenvalue weighted by atomic mass is 10.1. The lowest BCUT2D eigenvalue weighted by molar-refractivity contribution is 0.230. The molecule has 0 saturated carbocycles. The van der Waals surface area contributed by atoms with E-state index in [0.717, 1.165) is 5.56 Å². The van der Waals surface area contributed by atoms with Crippen LogP contribution in [0.25, 0.3) is 0 Å². The molecule has 1 aromatic carbocycles. The van der Waals surface area contributed by atoms with Crippen molar-refractivity contribution in [1.82, 2.24) is 4.98 Å². The summed E-state index contributed by atoms with van der Waals surface area (Å²) in [5, 5.41) is 0. The Labute approximate surface area is 112 Å². The quantitative estimate of drug-likeness (QED) is 0.896. The molecule has 0 radical (unpaired) electrons. The van der Waals surface area contributed by atoms with Crippen LogP contribution in [0.5, 0.6) is 11.5 Å². The molecule has 0 amide bonds. The standard InChI is InChI=1S/C14H18N2O3/c1-9(2)19-12-6-10(4-5-11(12)17-3)14(15)13-7-16-8-18-13/h4-9,14H,15H2,1-3H3. The maximum absolute atomic E-state index is 6.12. The molecule has 2 N–H and O–H groups in total. The van der Waals surface area contributed by atoms with Gasteiger partial charge in [0.25, 0.3) is 0 Å². The maximum atomic E-state index is 6.12. The molecule has 2 aromatic rings. The van der Waals surface area contributed by atoms with Crippen molar-refractivity contribution >= 4 is 0 Å². The van der Waals surface area contributed by atoms with Gasteiger partial charge < -0.3 is 19.6 Å². The van der Waals surface area contributed by atoms with Crippen molar-refractivity contribution < 1.29 is 13.9 Å². The molecule has 1 unspecified atom stereocenters. The number of aromatic nitrogens is 1. The molecule has 0 aliphatic carbocycles. The molecular formula is C14H18N2O3. The number of benzene rings is 1. The molecule has 0 aliphatic heterocycles. The number of hydrogen-bond donors (Lipinski definition) is 1. The number of ether oxygens (including phenoxy) is 2. The van der Waals surface area contributed by atoms with E-state index in [1.54, 1.807) is 13.3 Å². The fourth-order valence-electron chi connectivity index (χ4n) is 1.78. The van der Waals surface area contributed by atoms with Crippen LogP contribution in [0.4, 0.5) is 0 Å². The summed E-state index contributed by atoms with van der Waals surface area (Å²) in [6.45, 7) is 3.92. The first-order valence-corrected chi connectivity index (χ1v) is 6.10. The largest absolute Gasteiger partial charge is 0.493 e. The van der Waals surface area contributed by atoms with Gasteiger partial charge in [-0.25, -0.2) is 4.98 Å². The van der Waals surface area contributed by atoms with Crippen molar-refractivity contribution in [2.45, 2.75) is 26.0 Å². The fraction of sp³-hybridized carbons (Fsp3) is 0.357. The van der Waals surface area contributed by atoms with Crippen LogP contribution in [0, 0.1) is 0 Å². The molecule has 2 rings (SSSR count). The highest BCUT2D eigenvalue weighted by molar-refractivity contribution is 5.45. The number of rotatable bonds is 5. The third kappa shape index (κ3) is 3.06. The summed E-state index contributed by atoms with van der Waals surface area (Å²) in [4.78, 5) is 3.87. The van der Waals surface area contributed by atoms with Crippen molar-refractivity contribution in [3.05, 3.63) is 42.1 Å². The monoisotopic (exact) mass is 262 g/mol. The lowest BCUT2D eigenvalue weighted by Gasteiger charge is -2.16. The van der Waals surface area contributed by atoms with Crippen LogP contribution in [-0.2, 0) is 0 Å². The van der Waals surface area contributed by atoms with Gasteiger partial charge in [0.1, 0.15) is 5.76 Å². The van der Waals surface area contributed by atoms with Crippen LogP contribution in [-0.4, -0.2) is 18.2 Å². The van der Waals surface area contributed by atoms with Crippen LogP contribution in [0.2, 0.25) is 0 Å². The van der Waals surface area contributed by atoms with E-state index in [-0.39, 0.29) is 12.1 Å². The van der Waals surface area contributed by atoms with Gasteiger partial charge in [-0.2, -0.15) is 0 Å². The highest BCUT2D eigenvalue weighted by Crippen LogP contribution is 2.32. The Hall–Kier alpha value is -2.01. The van der Waals surface area contributed by atoms with Crippen molar-refractivity contribution in [2.24, 2.45) is 5.73 Å². The molecule has 0 aliphatic rings. The third-order valence-corrected chi connectivity index (χ3v) is 2.67. The average Bonchev–Trinajstić information content (AvgIpc) is 2.91. The first-order valence-electron chi connectivity index (χ1n) is 6.10. The number of nitrogens with two attached hydrogens (primary N) is 1. The molecule has 0 fully saturated rings. The summed E-state index contributed by atoms with van der Waals surface area (Å²) in [6.07, 6.45) is 3.04. The second kappa shape index (κ2) is 5.75. The normalized spacial score (nSPS) is 12.5. The Morgan fingerprint density at radius 1 is 1.26 bits per heavy atom. The Morgan fingerprint density at radius 2 is 2.05 bits per heavy atom. The predicted octanol–water partition coefficient (Wildman–Crippen LogP) is 2.52. The van der Waals surface area contributed by atoms with Gasteiger partial charge in [-0.1, -0.05) is 6.07 Å². The van der Waals surface area contributed by atoms with Crippen molar-refractivity contribution in [3.63, 3.8) is 0 Å². The minimum Gasteiger partial charge on any atom is -0.493 e. The Balaban J connectivity index is 2.31. The fourth-order valence-corrected chi connectivity index (χ4v) is 1.78. The Kier molecular flexibility index (Phi) is 4.06. The molecule has 1 heterocycles. The zero-order valence-electron chi connectivity index (χ0n) is 11.3. The Bertz CT molecular complexity index is 523. The van der Waals surface area contributed by atoms with Gasteiger partial charge >= 0.3 is 0 Å². The lowest BCUT2D eigenvalue weighted by Crippen LogP contribution is -2.12. The third-order valence-electron chi connectivity index (χ3n) is 2.67. The van der Waals surface area contributed by atoms with Crippen molar-refractivity contribution in [2.75, 3.05) is 7.11 Å². The van der Waals surface area contributed by atoms with E-state index in [2.05, 4.69) is 4.98 Å². The predicted molar refractivity (Wildman–Crippen MR) is 71.3 cm³/mol. The van der Waals surface area contributed by atoms with Crippen LogP contribution in [0.15, 0.2) is 35.2 Å². The first kappa shape index (κ1) is 13.4. The second-order valence-electron chi connectivity index (χ2n) is 4.46. The zero-order valence-corrected chi connectivity index (χ0v) is 11.3. The average molecular weight is 262 g/mol. The minimum absolute atomic E-state index is 0.0608. The van der Waals surface area contributed by atoms with Gasteiger partial charge in [0.2, 0.25) is 0 Å². The summed E-state index contributed by atoms with van der Waals surface area (Å²) >= 11 is 0. The molecule has 19 heavy (non-hydrogen) atoms. The number of oxazole rings is 1. The summed E-state index contributed by atoms with van der Waals surface area (Å²) in [7, 11) is 1.61. The van der Waals surface area contributed by atoms with Gasteiger partial charge in [-0.05, 0) is 31.5 Å². The van der Waals surface area contributed by atoms with E-state index < -0.39 is 0 Å². The molecule has 1 aromatic heterocycles. The van der Waals surface area contributed by atoms with Gasteiger partial charge in [-0.3, -0.25) is 0 Å². The van der Waals surface area contributed by atoms with Crippen LogP contribution < -0.4 is 15.2 Å². The van der Waals surface area contributed by atoms with Crippen LogP contribution in [0.1, 0.15) is 31.2 Å². The maximum Gasteiger partial charge on any atom is 0.180 e. The van der Waals surface area contributed by atoms with Crippen molar-refractivity contribution in [3.8, 4) is 11.5 Å². The molecule has 5 heteroatoms. The summed E-state index contributed by atoms with van der Waals surface area (Å²) < 4.78 is 16.2. The zero-order chi connectivity index (χ0) is 13.8. The summed E-state index contributed by atoms with van der Waals surface area (Å²) in [6, 6.07) is 5.22. The molecule has 1 atom stereocenters. The van der Waals surface area contributed by atoms with E-state index in [9.17, 15) is 0 Å². The van der Waals surface area contributed by atoms with Gasteiger partial charge in [0.05, 0.1) is 25.5 Å². The van der Waals surface area contributed by atoms with Gasteiger partial charge in [0.15, 0.2) is 17.9 Å². The minimum atomic E-state index is -0.372. The van der Waals surface area contributed by atoms with E-state index in [4.69, 9.17) is 19.6 Å². The highest BCUT2D eigenvalue weighted by atomic mass is 16.5. The van der Waals surface area contributed by atoms with Crippen LogP contribution >= 0.6 is 0 Å². The highest BCUT2D eigenvalue weighted by Gasteiger charge is 2.15. The molecule has 0 saturated heterocycles. The molecule has 5 nitrogen and oxygen atoms in total. The molecule has 0 bridgehead atoms. The van der Waals surface area contributed by atoms with E-state index in [1.165, 1.54) is 6.39 Å².